The Hall–Kier alpha value is -0.190. The molecule has 0 amide bonds. The number of benzene rings is 1. The minimum absolute atomic E-state index is 0.191. The van der Waals surface area contributed by atoms with Crippen LogP contribution in [0.4, 0.5) is 0 Å². The first-order valence-corrected chi connectivity index (χ1v) is 5.12. The van der Waals surface area contributed by atoms with Gasteiger partial charge in [-0.25, -0.2) is 4.79 Å². The third-order valence-electron chi connectivity index (χ3n) is 1.27. The van der Waals surface area contributed by atoms with Gasteiger partial charge in [-0.05, 0) is 53.0 Å². The van der Waals surface area contributed by atoms with E-state index in [1.807, 2.05) is 0 Å². The number of carbonyl (C=O) groups excluding carboxylic acids is 1. The van der Waals surface area contributed by atoms with Gasteiger partial charge in [-0.3, -0.25) is 4.89 Å². The fourth-order valence-electron chi connectivity index (χ4n) is 0.749. The summed E-state index contributed by atoms with van der Waals surface area (Å²) >= 11 is 21.3. The molecule has 0 aliphatic carbocycles. The second kappa shape index (κ2) is 5.23. The number of alkyl halides is 3. The molecule has 0 aliphatic heterocycles. The van der Waals surface area contributed by atoms with Crippen molar-refractivity contribution in [2.24, 2.45) is 0 Å². The highest BCUT2D eigenvalue weighted by atomic mass is 35.6. The molecule has 0 bridgehead atoms. The first-order chi connectivity index (χ1) is 6.88. The standard InChI is InChI=1S/C8H4Cl4O3/c9-6-3-1-2-5(4-6)7(13)14-15-8(10,11)12/h1-4H. The van der Waals surface area contributed by atoms with Crippen LogP contribution in [0.15, 0.2) is 24.3 Å². The zero-order valence-corrected chi connectivity index (χ0v) is 10.1. The first kappa shape index (κ1) is 12.9. The number of carbonyl (C=O) groups is 1. The van der Waals surface area contributed by atoms with Gasteiger partial charge < -0.3 is 0 Å². The summed E-state index contributed by atoms with van der Waals surface area (Å²) in [6, 6.07) is 6.06. The largest absolute Gasteiger partial charge is 0.373 e. The quantitative estimate of drug-likeness (QED) is 0.472. The molecule has 0 saturated heterocycles. The third-order valence-corrected chi connectivity index (χ3v) is 1.70. The molecule has 0 atom stereocenters. The van der Waals surface area contributed by atoms with Crippen LogP contribution >= 0.6 is 46.4 Å². The molecule has 0 heterocycles. The fraction of sp³-hybridized carbons (Fsp3) is 0.125. The van der Waals surface area contributed by atoms with Crippen LogP contribution in [-0.4, -0.2) is 9.95 Å². The Labute approximate surface area is 106 Å². The van der Waals surface area contributed by atoms with Crippen molar-refractivity contribution in [2.75, 3.05) is 0 Å². The van der Waals surface area contributed by atoms with Crippen molar-refractivity contribution < 1.29 is 14.6 Å². The van der Waals surface area contributed by atoms with Crippen molar-refractivity contribution in [2.45, 2.75) is 3.98 Å². The monoisotopic (exact) mass is 288 g/mol. The van der Waals surface area contributed by atoms with Crippen LogP contribution in [0.3, 0.4) is 0 Å². The third kappa shape index (κ3) is 4.91. The maximum Gasteiger partial charge on any atom is 0.373 e. The Balaban J connectivity index is 2.62. The van der Waals surface area contributed by atoms with E-state index >= 15 is 0 Å². The van der Waals surface area contributed by atoms with E-state index in [-0.39, 0.29) is 5.56 Å². The number of hydrogen-bond donors (Lipinski definition) is 0. The minimum Gasteiger partial charge on any atom is -0.288 e. The predicted molar refractivity (Wildman–Crippen MR) is 58.2 cm³/mol. The second-order valence-electron chi connectivity index (χ2n) is 2.41. The Morgan fingerprint density at radius 1 is 1.27 bits per heavy atom. The Morgan fingerprint density at radius 3 is 2.47 bits per heavy atom. The van der Waals surface area contributed by atoms with Gasteiger partial charge in [0.15, 0.2) is 0 Å². The average molecular weight is 290 g/mol. The molecule has 15 heavy (non-hydrogen) atoms. The summed E-state index contributed by atoms with van der Waals surface area (Å²) in [5, 5.41) is 0.387. The highest BCUT2D eigenvalue weighted by molar-refractivity contribution is 6.66. The van der Waals surface area contributed by atoms with Crippen molar-refractivity contribution in [3.8, 4) is 0 Å². The van der Waals surface area contributed by atoms with Crippen molar-refractivity contribution in [3.05, 3.63) is 34.9 Å². The van der Waals surface area contributed by atoms with E-state index in [1.165, 1.54) is 12.1 Å². The SMILES string of the molecule is O=C(OOC(Cl)(Cl)Cl)c1cccc(Cl)c1. The highest BCUT2D eigenvalue weighted by Gasteiger charge is 2.24. The number of hydrogen-bond acceptors (Lipinski definition) is 3. The summed E-state index contributed by atoms with van der Waals surface area (Å²) in [6.07, 6.45) is 0. The van der Waals surface area contributed by atoms with Crippen LogP contribution in [0.5, 0.6) is 0 Å². The second-order valence-corrected chi connectivity index (χ2v) is 5.02. The average Bonchev–Trinajstić information content (AvgIpc) is 2.13. The molecule has 0 radical (unpaired) electrons. The zero-order chi connectivity index (χ0) is 11.5. The summed E-state index contributed by atoms with van der Waals surface area (Å²) < 4.78 is -2.10. The van der Waals surface area contributed by atoms with Crippen LogP contribution in [0.25, 0.3) is 0 Å². The molecule has 82 valence electrons. The molecule has 1 aromatic rings. The molecular formula is C8H4Cl4O3. The van der Waals surface area contributed by atoms with Gasteiger partial charge in [-0.15, -0.1) is 4.89 Å². The number of halogens is 4. The molecule has 0 aliphatic rings. The first-order valence-electron chi connectivity index (χ1n) is 3.61. The van der Waals surface area contributed by atoms with E-state index in [1.54, 1.807) is 12.1 Å². The Morgan fingerprint density at radius 2 is 1.93 bits per heavy atom. The van der Waals surface area contributed by atoms with E-state index in [9.17, 15) is 4.79 Å². The lowest BCUT2D eigenvalue weighted by Gasteiger charge is -2.09. The lowest BCUT2D eigenvalue weighted by molar-refractivity contribution is -0.247. The van der Waals surface area contributed by atoms with Crippen LogP contribution in [0, 0.1) is 0 Å². The molecule has 1 rings (SSSR count). The van der Waals surface area contributed by atoms with E-state index in [0.29, 0.717) is 5.02 Å². The summed E-state index contributed by atoms with van der Waals surface area (Å²) in [7, 11) is 0. The molecule has 3 nitrogen and oxygen atoms in total. The summed E-state index contributed by atoms with van der Waals surface area (Å²) in [4.78, 5) is 19.7. The van der Waals surface area contributed by atoms with Crippen molar-refractivity contribution in [1.29, 1.82) is 0 Å². The Bertz CT molecular complexity index is 361. The predicted octanol–water partition coefficient (Wildman–Crippen LogP) is 3.76. The van der Waals surface area contributed by atoms with Gasteiger partial charge in [-0.1, -0.05) is 17.7 Å². The fourth-order valence-corrected chi connectivity index (χ4v) is 1.03. The molecule has 0 unspecified atom stereocenters. The van der Waals surface area contributed by atoms with Gasteiger partial charge in [0, 0.05) is 5.02 Å². The van der Waals surface area contributed by atoms with Crippen molar-refractivity contribution in [3.63, 3.8) is 0 Å². The van der Waals surface area contributed by atoms with Crippen LogP contribution in [0.1, 0.15) is 10.4 Å². The smallest absolute Gasteiger partial charge is 0.288 e. The summed E-state index contributed by atoms with van der Waals surface area (Å²) in [5.74, 6) is -0.802. The Kier molecular flexibility index (Phi) is 4.49. The van der Waals surface area contributed by atoms with Gasteiger partial charge in [-0.2, -0.15) is 0 Å². The normalized spacial score (nSPS) is 11.2. The summed E-state index contributed by atoms with van der Waals surface area (Å²) in [5.41, 5.74) is 0.191. The van der Waals surface area contributed by atoms with Crippen LogP contribution in [0.2, 0.25) is 5.02 Å². The van der Waals surface area contributed by atoms with E-state index in [4.69, 9.17) is 46.4 Å². The molecular weight excluding hydrogens is 286 g/mol. The van der Waals surface area contributed by atoms with Gasteiger partial charge in [0.1, 0.15) is 0 Å². The molecule has 0 spiro atoms. The van der Waals surface area contributed by atoms with Gasteiger partial charge in [0.2, 0.25) is 0 Å². The number of rotatable bonds is 2. The van der Waals surface area contributed by atoms with Crippen LogP contribution in [-0.2, 0) is 9.78 Å². The van der Waals surface area contributed by atoms with Gasteiger partial charge in [0.05, 0.1) is 5.56 Å². The molecule has 0 fully saturated rings. The lowest BCUT2D eigenvalue weighted by atomic mass is 10.2. The van der Waals surface area contributed by atoms with E-state index < -0.39 is 9.95 Å². The molecule has 1 aromatic carbocycles. The van der Waals surface area contributed by atoms with Gasteiger partial charge >= 0.3 is 9.95 Å². The molecule has 0 saturated carbocycles. The maximum atomic E-state index is 11.3. The summed E-state index contributed by atoms with van der Waals surface area (Å²) in [6.45, 7) is 0. The van der Waals surface area contributed by atoms with E-state index in [2.05, 4.69) is 9.78 Å². The lowest BCUT2D eigenvalue weighted by Crippen LogP contribution is -2.14. The minimum atomic E-state index is -2.10. The van der Waals surface area contributed by atoms with Gasteiger partial charge in [0.25, 0.3) is 0 Å². The molecule has 7 heteroatoms. The topological polar surface area (TPSA) is 35.5 Å². The molecule has 0 N–H and O–H groups in total. The maximum absolute atomic E-state index is 11.3. The van der Waals surface area contributed by atoms with Crippen molar-refractivity contribution >= 4 is 52.4 Å². The highest BCUT2D eigenvalue weighted by Crippen LogP contribution is 2.27. The van der Waals surface area contributed by atoms with E-state index in [0.717, 1.165) is 0 Å². The van der Waals surface area contributed by atoms with Crippen molar-refractivity contribution in [1.82, 2.24) is 0 Å². The molecule has 0 aromatic heterocycles. The zero-order valence-electron chi connectivity index (χ0n) is 7.05. The van der Waals surface area contributed by atoms with Crippen LogP contribution < -0.4 is 0 Å².